The number of aromatic carboxylic acids is 1. The first kappa shape index (κ1) is 11.4. The zero-order valence-corrected chi connectivity index (χ0v) is 9.68. The first-order chi connectivity index (χ1) is 8.11. The van der Waals surface area contributed by atoms with Crippen molar-refractivity contribution in [3.05, 3.63) is 41.6 Å². The summed E-state index contributed by atoms with van der Waals surface area (Å²) >= 11 is 0. The molecule has 0 bridgehead atoms. The molecule has 0 atom stereocenters. The van der Waals surface area contributed by atoms with E-state index in [2.05, 4.69) is 19.0 Å². The Hall–Kier alpha value is -2.10. The number of carbonyl (C=O) groups is 1. The average molecular weight is 231 g/mol. The van der Waals surface area contributed by atoms with Crippen molar-refractivity contribution < 1.29 is 14.4 Å². The van der Waals surface area contributed by atoms with Gasteiger partial charge in [0.25, 0.3) is 0 Å². The molecule has 1 aromatic heterocycles. The molecule has 0 unspecified atom stereocenters. The molecule has 0 saturated heterocycles. The third-order valence-corrected chi connectivity index (χ3v) is 2.63. The van der Waals surface area contributed by atoms with Crippen molar-refractivity contribution in [2.45, 2.75) is 19.8 Å². The Labute approximate surface area is 98.9 Å². The van der Waals surface area contributed by atoms with Gasteiger partial charge in [0.05, 0.1) is 6.20 Å². The summed E-state index contributed by atoms with van der Waals surface area (Å²) in [4.78, 5) is 11.0. The van der Waals surface area contributed by atoms with Crippen LogP contribution in [0.4, 0.5) is 0 Å². The topological polar surface area (TPSA) is 63.3 Å². The normalized spacial score (nSPS) is 10.8. The van der Waals surface area contributed by atoms with Crippen LogP contribution in [0.5, 0.6) is 0 Å². The lowest BCUT2D eigenvalue weighted by Gasteiger charge is -2.10. The zero-order valence-electron chi connectivity index (χ0n) is 9.68. The second-order valence-electron chi connectivity index (χ2n) is 4.12. The summed E-state index contributed by atoms with van der Waals surface area (Å²) in [5, 5.41) is 12.6. The van der Waals surface area contributed by atoms with Gasteiger partial charge in [-0.25, -0.2) is 4.79 Å². The molecule has 0 amide bonds. The molecule has 0 radical (unpaired) electrons. The van der Waals surface area contributed by atoms with Crippen LogP contribution < -0.4 is 0 Å². The van der Waals surface area contributed by atoms with Crippen molar-refractivity contribution in [2.24, 2.45) is 0 Å². The fraction of sp³-hybridized carbons (Fsp3) is 0.231. The Bertz CT molecular complexity index is 543. The molecule has 0 spiro atoms. The van der Waals surface area contributed by atoms with Crippen LogP contribution in [0.3, 0.4) is 0 Å². The van der Waals surface area contributed by atoms with Crippen molar-refractivity contribution in [3.8, 4) is 11.3 Å². The average Bonchev–Trinajstić information content (AvgIpc) is 2.77. The largest absolute Gasteiger partial charge is 0.477 e. The highest BCUT2D eigenvalue weighted by molar-refractivity contribution is 5.94. The van der Waals surface area contributed by atoms with E-state index in [1.54, 1.807) is 0 Å². The van der Waals surface area contributed by atoms with E-state index in [-0.39, 0.29) is 11.5 Å². The molecule has 0 aliphatic carbocycles. The summed E-state index contributed by atoms with van der Waals surface area (Å²) < 4.78 is 5.07. The smallest absolute Gasteiger partial charge is 0.341 e. The van der Waals surface area contributed by atoms with Crippen LogP contribution in [0.1, 0.15) is 35.7 Å². The molecule has 2 rings (SSSR count). The monoisotopic (exact) mass is 231 g/mol. The van der Waals surface area contributed by atoms with Gasteiger partial charge in [-0.15, -0.1) is 0 Å². The number of carboxylic acids is 1. The van der Waals surface area contributed by atoms with E-state index in [0.29, 0.717) is 5.76 Å². The maximum atomic E-state index is 11.0. The number of nitrogens with zero attached hydrogens (tertiary/aromatic N) is 1. The first-order valence-electron chi connectivity index (χ1n) is 5.38. The molecule has 2 aromatic rings. The second kappa shape index (κ2) is 4.41. The Morgan fingerprint density at radius 1 is 1.35 bits per heavy atom. The van der Waals surface area contributed by atoms with Crippen LogP contribution in [0, 0.1) is 0 Å². The fourth-order valence-corrected chi connectivity index (χ4v) is 1.79. The molecule has 1 aromatic carbocycles. The molecular weight excluding hydrogens is 218 g/mol. The third kappa shape index (κ3) is 2.06. The summed E-state index contributed by atoms with van der Waals surface area (Å²) in [6, 6.07) is 7.60. The third-order valence-electron chi connectivity index (χ3n) is 2.63. The number of hydrogen-bond donors (Lipinski definition) is 1. The minimum atomic E-state index is -1.03. The van der Waals surface area contributed by atoms with Crippen molar-refractivity contribution in [2.75, 3.05) is 0 Å². The summed E-state index contributed by atoms with van der Waals surface area (Å²) in [6.45, 7) is 4.10. The van der Waals surface area contributed by atoms with Gasteiger partial charge < -0.3 is 9.63 Å². The Balaban J connectivity index is 2.60. The molecule has 0 aliphatic rings. The predicted octanol–water partition coefficient (Wildman–Crippen LogP) is 3.16. The van der Waals surface area contributed by atoms with E-state index in [9.17, 15) is 4.79 Å². The van der Waals surface area contributed by atoms with Crippen LogP contribution in [0.2, 0.25) is 0 Å². The van der Waals surface area contributed by atoms with E-state index in [1.807, 2.05) is 24.3 Å². The van der Waals surface area contributed by atoms with E-state index >= 15 is 0 Å². The number of carboxylic acid groups (broad SMARTS) is 1. The van der Waals surface area contributed by atoms with Crippen molar-refractivity contribution in [3.63, 3.8) is 0 Å². The molecule has 0 aliphatic heterocycles. The van der Waals surface area contributed by atoms with Gasteiger partial charge in [-0.2, -0.15) is 0 Å². The SMILES string of the molecule is CC(C)c1ccccc1-c1oncc1C(=O)O. The highest BCUT2D eigenvalue weighted by atomic mass is 16.5. The van der Waals surface area contributed by atoms with Crippen LogP contribution in [-0.2, 0) is 0 Å². The molecular formula is C13H13NO3. The summed E-state index contributed by atoms with van der Waals surface area (Å²) in [5.41, 5.74) is 1.93. The van der Waals surface area contributed by atoms with Gasteiger partial charge in [0, 0.05) is 5.56 Å². The van der Waals surface area contributed by atoms with Gasteiger partial charge in [-0.05, 0) is 11.5 Å². The van der Waals surface area contributed by atoms with Gasteiger partial charge in [0.1, 0.15) is 5.56 Å². The minimum absolute atomic E-state index is 0.0955. The molecule has 4 heteroatoms. The zero-order chi connectivity index (χ0) is 12.4. The van der Waals surface area contributed by atoms with Gasteiger partial charge >= 0.3 is 5.97 Å². The summed E-state index contributed by atoms with van der Waals surface area (Å²) in [7, 11) is 0. The Kier molecular flexibility index (Phi) is 2.95. The van der Waals surface area contributed by atoms with E-state index in [1.165, 1.54) is 6.20 Å². The lowest BCUT2D eigenvalue weighted by molar-refractivity contribution is 0.0697. The molecule has 88 valence electrons. The molecule has 0 saturated carbocycles. The van der Waals surface area contributed by atoms with Gasteiger partial charge in [-0.1, -0.05) is 43.3 Å². The quantitative estimate of drug-likeness (QED) is 0.881. The molecule has 4 nitrogen and oxygen atoms in total. The Morgan fingerprint density at radius 3 is 2.71 bits per heavy atom. The van der Waals surface area contributed by atoms with Gasteiger partial charge in [0.2, 0.25) is 0 Å². The molecule has 17 heavy (non-hydrogen) atoms. The molecule has 1 heterocycles. The van der Waals surface area contributed by atoms with Crippen molar-refractivity contribution in [1.29, 1.82) is 0 Å². The fourth-order valence-electron chi connectivity index (χ4n) is 1.79. The van der Waals surface area contributed by atoms with E-state index in [0.717, 1.165) is 11.1 Å². The first-order valence-corrected chi connectivity index (χ1v) is 5.38. The van der Waals surface area contributed by atoms with Crippen molar-refractivity contribution in [1.82, 2.24) is 5.16 Å². The number of aromatic nitrogens is 1. The highest BCUT2D eigenvalue weighted by Crippen LogP contribution is 2.31. The van der Waals surface area contributed by atoms with E-state index < -0.39 is 5.97 Å². The molecule has 0 fully saturated rings. The standard InChI is InChI=1S/C13H13NO3/c1-8(2)9-5-3-4-6-10(9)12-11(13(15)16)7-14-17-12/h3-8H,1-2H3,(H,15,16). The van der Waals surface area contributed by atoms with Crippen LogP contribution in [-0.4, -0.2) is 16.2 Å². The summed E-state index contributed by atoms with van der Waals surface area (Å²) in [5.74, 6) is -0.417. The van der Waals surface area contributed by atoms with Crippen LogP contribution in [0.25, 0.3) is 11.3 Å². The summed E-state index contributed by atoms with van der Waals surface area (Å²) in [6.07, 6.45) is 1.23. The van der Waals surface area contributed by atoms with Gasteiger partial charge in [-0.3, -0.25) is 0 Å². The van der Waals surface area contributed by atoms with Crippen LogP contribution in [0.15, 0.2) is 35.0 Å². The Morgan fingerprint density at radius 2 is 2.06 bits per heavy atom. The molecule has 1 N–H and O–H groups in total. The lowest BCUT2D eigenvalue weighted by atomic mass is 9.94. The number of rotatable bonds is 3. The number of benzene rings is 1. The van der Waals surface area contributed by atoms with Gasteiger partial charge in [0.15, 0.2) is 5.76 Å². The number of hydrogen-bond acceptors (Lipinski definition) is 3. The van der Waals surface area contributed by atoms with Crippen LogP contribution >= 0.6 is 0 Å². The lowest BCUT2D eigenvalue weighted by Crippen LogP contribution is -1.98. The second-order valence-corrected chi connectivity index (χ2v) is 4.12. The predicted molar refractivity (Wildman–Crippen MR) is 63.0 cm³/mol. The highest BCUT2D eigenvalue weighted by Gasteiger charge is 2.19. The maximum Gasteiger partial charge on any atom is 0.341 e. The van der Waals surface area contributed by atoms with Crippen molar-refractivity contribution >= 4 is 5.97 Å². The minimum Gasteiger partial charge on any atom is -0.477 e. The van der Waals surface area contributed by atoms with E-state index in [4.69, 9.17) is 9.63 Å². The maximum absolute atomic E-state index is 11.0.